The van der Waals surface area contributed by atoms with Crippen LogP contribution in [0.2, 0.25) is 0 Å². The molecule has 5 heteroatoms. The lowest BCUT2D eigenvalue weighted by atomic mass is 10.0. The first-order valence-corrected chi connectivity index (χ1v) is 5.36. The molecule has 2 N–H and O–H groups in total. The van der Waals surface area contributed by atoms with Crippen LogP contribution in [0.4, 0.5) is 0 Å². The third kappa shape index (κ3) is 2.15. The molecule has 2 atom stereocenters. The fourth-order valence-corrected chi connectivity index (χ4v) is 2.84. The van der Waals surface area contributed by atoms with Gasteiger partial charge < -0.3 is 10.2 Å². The molecule has 1 fully saturated rings. The maximum absolute atomic E-state index is 10.9. The van der Waals surface area contributed by atoms with E-state index >= 15 is 0 Å². The summed E-state index contributed by atoms with van der Waals surface area (Å²) in [4.78, 5) is 0. The average molecular weight is 180 g/mol. The molecular formula is C6H12O4S. The van der Waals surface area contributed by atoms with Gasteiger partial charge in [-0.2, -0.15) is 0 Å². The molecule has 66 valence electrons. The summed E-state index contributed by atoms with van der Waals surface area (Å²) in [5.74, 6) is -0.355. The molecule has 1 rings (SSSR count). The first-order chi connectivity index (χ1) is 5.05. The lowest BCUT2D eigenvalue weighted by Gasteiger charge is -2.25. The quantitative estimate of drug-likeness (QED) is 0.530. The summed E-state index contributed by atoms with van der Waals surface area (Å²) in [5, 5.41) is 17.8. The largest absolute Gasteiger partial charge is 0.396 e. The highest BCUT2D eigenvalue weighted by Crippen LogP contribution is 2.18. The van der Waals surface area contributed by atoms with Crippen LogP contribution in [0.15, 0.2) is 0 Å². The topological polar surface area (TPSA) is 74.6 Å². The summed E-state index contributed by atoms with van der Waals surface area (Å²) in [6.07, 6.45) is -0.501. The predicted molar refractivity (Wildman–Crippen MR) is 39.9 cm³/mol. The van der Waals surface area contributed by atoms with Crippen molar-refractivity contribution >= 4 is 9.84 Å². The number of sulfone groups is 1. The van der Waals surface area contributed by atoms with E-state index in [-0.39, 0.29) is 24.0 Å². The maximum Gasteiger partial charge on any atom is 0.152 e. The average Bonchev–Trinajstić information content (AvgIpc) is 1.86. The number of hydrogen-bond acceptors (Lipinski definition) is 4. The molecule has 0 radical (unpaired) electrons. The van der Waals surface area contributed by atoms with Gasteiger partial charge in [-0.1, -0.05) is 0 Å². The van der Waals surface area contributed by atoms with E-state index in [2.05, 4.69) is 0 Å². The summed E-state index contributed by atoms with van der Waals surface area (Å²) in [6.45, 7) is -0.128. The van der Waals surface area contributed by atoms with E-state index in [1.165, 1.54) is 0 Å². The lowest BCUT2D eigenvalue weighted by molar-refractivity contribution is 0.0767. The van der Waals surface area contributed by atoms with Gasteiger partial charge in [0.15, 0.2) is 9.84 Å². The van der Waals surface area contributed by atoms with Crippen LogP contribution in [-0.4, -0.2) is 42.8 Å². The zero-order valence-electron chi connectivity index (χ0n) is 6.10. The van der Waals surface area contributed by atoms with Gasteiger partial charge in [-0.05, 0) is 6.42 Å². The predicted octanol–water partition coefficient (Wildman–Crippen LogP) is -1.23. The van der Waals surface area contributed by atoms with Crippen molar-refractivity contribution in [3.63, 3.8) is 0 Å². The second kappa shape index (κ2) is 3.08. The molecule has 0 unspecified atom stereocenters. The van der Waals surface area contributed by atoms with Crippen molar-refractivity contribution in [3.05, 3.63) is 0 Å². The monoisotopic (exact) mass is 180 g/mol. The van der Waals surface area contributed by atoms with Gasteiger partial charge in [0.25, 0.3) is 0 Å². The fourth-order valence-electron chi connectivity index (χ4n) is 1.22. The molecule has 0 amide bonds. The van der Waals surface area contributed by atoms with Crippen molar-refractivity contribution in [2.24, 2.45) is 5.92 Å². The maximum atomic E-state index is 10.9. The molecular weight excluding hydrogens is 168 g/mol. The van der Waals surface area contributed by atoms with Crippen molar-refractivity contribution in [2.75, 3.05) is 18.1 Å². The Morgan fingerprint density at radius 3 is 2.55 bits per heavy atom. The molecule has 1 aliphatic rings. The standard InChI is InChI=1S/C6H12O4S/c7-3-5-1-2-11(9,10)4-6(5)8/h5-8H,1-4H2/t5-,6-/m1/s1. The molecule has 11 heavy (non-hydrogen) atoms. The van der Waals surface area contributed by atoms with Crippen LogP contribution >= 0.6 is 0 Å². The van der Waals surface area contributed by atoms with E-state index in [9.17, 15) is 8.42 Å². The molecule has 0 bridgehead atoms. The summed E-state index contributed by atoms with van der Waals surface area (Å²) in [6, 6.07) is 0. The lowest BCUT2D eigenvalue weighted by Crippen LogP contribution is -2.38. The molecule has 1 saturated heterocycles. The molecule has 0 aliphatic carbocycles. The van der Waals surface area contributed by atoms with E-state index in [1.807, 2.05) is 0 Å². The Bertz CT molecular complexity index is 221. The van der Waals surface area contributed by atoms with Gasteiger partial charge in [0, 0.05) is 12.5 Å². The van der Waals surface area contributed by atoms with Gasteiger partial charge >= 0.3 is 0 Å². The van der Waals surface area contributed by atoms with Crippen molar-refractivity contribution in [1.82, 2.24) is 0 Å². The van der Waals surface area contributed by atoms with Crippen LogP contribution < -0.4 is 0 Å². The van der Waals surface area contributed by atoms with Gasteiger partial charge in [0.2, 0.25) is 0 Å². The van der Waals surface area contributed by atoms with Crippen LogP contribution in [0.5, 0.6) is 0 Å². The molecule has 1 aliphatic heterocycles. The van der Waals surface area contributed by atoms with E-state index in [0.717, 1.165) is 0 Å². The van der Waals surface area contributed by atoms with Crippen LogP contribution in [0.25, 0.3) is 0 Å². The van der Waals surface area contributed by atoms with Gasteiger partial charge in [0.05, 0.1) is 17.6 Å². The fraction of sp³-hybridized carbons (Fsp3) is 1.00. The smallest absolute Gasteiger partial charge is 0.152 e. The van der Waals surface area contributed by atoms with Gasteiger partial charge in [-0.15, -0.1) is 0 Å². The van der Waals surface area contributed by atoms with Gasteiger partial charge in [-0.25, -0.2) is 8.42 Å². The summed E-state index contributed by atoms with van der Waals surface area (Å²) in [7, 11) is -3.04. The molecule has 4 nitrogen and oxygen atoms in total. The normalized spacial score (nSPS) is 36.9. The van der Waals surface area contributed by atoms with Crippen molar-refractivity contribution < 1.29 is 18.6 Å². The van der Waals surface area contributed by atoms with Gasteiger partial charge in [0.1, 0.15) is 0 Å². The summed E-state index contributed by atoms with van der Waals surface area (Å²) >= 11 is 0. The molecule has 0 aromatic heterocycles. The van der Waals surface area contributed by atoms with E-state index < -0.39 is 15.9 Å². The number of aliphatic hydroxyl groups excluding tert-OH is 2. The van der Waals surface area contributed by atoms with Crippen molar-refractivity contribution in [3.8, 4) is 0 Å². The third-order valence-corrected chi connectivity index (χ3v) is 3.71. The number of hydrogen-bond donors (Lipinski definition) is 2. The van der Waals surface area contributed by atoms with Gasteiger partial charge in [-0.3, -0.25) is 0 Å². The molecule has 1 heterocycles. The first-order valence-electron chi connectivity index (χ1n) is 3.54. The highest BCUT2D eigenvalue weighted by molar-refractivity contribution is 7.91. The summed E-state index contributed by atoms with van der Waals surface area (Å²) < 4.78 is 21.8. The zero-order valence-corrected chi connectivity index (χ0v) is 6.92. The van der Waals surface area contributed by atoms with Crippen LogP contribution in [0.1, 0.15) is 6.42 Å². The molecule has 0 aromatic rings. The van der Waals surface area contributed by atoms with Crippen LogP contribution in [-0.2, 0) is 9.84 Å². The first kappa shape index (κ1) is 8.96. The molecule has 0 aromatic carbocycles. The Balaban J connectivity index is 2.62. The minimum Gasteiger partial charge on any atom is -0.396 e. The third-order valence-electron chi connectivity index (χ3n) is 2.00. The second-order valence-electron chi connectivity index (χ2n) is 2.91. The summed E-state index contributed by atoms with van der Waals surface area (Å²) in [5.41, 5.74) is 0. The second-order valence-corrected chi connectivity index (χ2v) is 5.14. The number of rotatable bonds is 1. The minimum absolute atomic E-state index is 0.0925. The highest BCUT2D eigenvalue weighted by Gasteiger charge is 2.30. The SMILES string of the molecule is O=S1(=O)CC[C@H](CO)[C@H](O)C1. The highest BCUT2D eigenvalue weighted by atomic mass is 32.2. The Kier molecular flexibility index (Phi) is 2.51. The van der Waals surface area contributed by atoms with Crippen molar-refractivity contribution in [2.45, 2.75) is 12.5 Å². The van der Waals surface area contributed by atoms with E-state index in [1.54, 1.807) is 0 Å². The Morgan fingerprint density at radius 2 is 2.09 bits per heavy atom. The Hall–Kier alpha value is -0.130. The van der Waals surface area contributed by atoms with E-state index in [4.69, 9.17) is 10.2 Å². The van der Waals surface area contributed by atoms with E-state index in [0.29, 0.717) is 6.42 Å². The molecule has 0 spiro atoms. The number of aliphatic hydroxyl groups is 2. The zero-order chi connectivity index (χ0) is 8.48. The van der Waals surface area contributed by atoms with Crippen LogP contribution in [0.3, 0.4) is 0 Å². The Labute approximate surface area is 65.8 Å². The van der Waals surface area contributed by atoms with Crippen molar-refractivity contribution in [1.29, 1.82) is 0 Å². The Morgan fingerprint density at radius 1 is 1.45 bits per heavy atom. The van der Waals surface area contributed by atoms with Crippen LogP contribution in [0, 0.1) is 5.92 Å². The minimum atomic E-state index is -3.04. The molecule has 0 saturated carbocycles.